The fraction of sp³-hybridized carbons (Fsp3) is 0.0811. The van der Waals surface area contributed by atoms with Crippen LogP contribution in [0.3, 0.4) is 0 Å². The SMILES string of the molecule is Cc1c(CCc2ccccc2)c2c(-c3nc(-c4ccccc4)nc(-c4ccccc4)n3)nccc2n1-c1ccccc1. The van der Waals surface area contributed by atoms with Crippen LogP contribution in [0.4, 0.5) is 0 Å². The number of benzene rings is 4. The molecule has 202 valence electrons. The number of para-hydroxylation sites is 1. The first-order valence-electron chi connectivity index (χ1n) is 14.2. The van der Waals surface area contributed by atoms with E-state index < -0.39 is 0 Å². The van der Waals surface area contributed by atoms with Crippen molar-refractivity contribution in [2.45, 2.75) is 19.8 Å². The van der Waals surface area contributed by atoms with Crippen LogP contribution in [0.5, 0.6) is 0 Å². The summed E-state index contributed by atoms with van der Waals surface area (Å²) >= 11 is 0. The van der Waals surface area contributed by atoms with Gasteiger partial charge in [-0.15, -0.1) is 0 Å². The van der Waals surface area contributed by atoms with Crippen molar-refractivity contribution in [2.75, 3.05) is 0 Å². The highest BCUT2D eigenvalue weighted by Crippen LogP contribution is 2.36. The molecule has 0 aliphatic heterocycles. The largest absolute Gasteiger partial charge is 0.313 e. The molecule has 0 bridgehead atoms. The Bertz CT molecular complexity index is 1910. The number of aromatic nitrogens is 5. The molecule has 5 heteroatoms. The summed E-state index contributed by atoms with van der Waals surface area (Å²) in [4.78, 5) is 19.9. The first kappa shape index (κ1) is 25.5. The Morgan fingerprint density at radius 3 is 1.67 bits per heavy atom. The van der Waals surface area contributed by atoms with Crippen LogP contribution < -0.4 is 0 Å². The number of rotatable bonds is 7. The minimum absolute atomic E-state index is 0.569. The van der Waals surface area contributed by atoms with Gasteiger partial charge in [-0.25, -0.2) is 15.0 Å². The van der Waals surface area contributed by atoms with Gasteiger partial charge in [-0.1, -0.05) is 109 Å². The van der Waals surface area contributed by atoms with Crippen molar-refractivity contribution in [1.82, 2.24) is 24.5 Å². The average molecular weight is 544 g/mol. The van der Waals surface area contributed by atoms with Gasteiger partial charge < -0.3 is 4.57 Å². The van der Waals surface area contributed by atoms with Crippen LogP contribution in [0.1, 0.15) is 16.8 Å². The normalized spacial score (nSPS) is 11.2. The lowest BCUT2D eigenvalue weighted by atomic mass is 10.0. The second-order valence-electron chi connectivity index (χ2n) is 10.3. The molecule has 0 N–H and O–H groups in total. The summed E-state index contributed by atoms with van der Waals surface area (Å²) in [5, 5.41) is 1.08. The van der Waals surface area contributed by atoms with Crippen molar-refractivity contribution in [3.63, 3.8) is 0 Å². The van der Waals surface area contributed by atoms with Crippen LogP contribution in [0.25, 0.3) is 50.9 Å². The number of hydrogen-bond acceptors (Lipinski definition) is 4. The van der Waals surface area contributed by atoms with Crippen LogP contribution in [-0.4, -0.2) is 24.5 Å². The van der Waals surface area contributed by atoms with Gasteiger partial charge in [-0.3, -0.25) is 4.98 Å². The van der Waals surface area contributed by atoms with Gasteiger partial charge in [0.2, 0.25) is 0 Å². The van der Waals surface area contributed by atoms with Crippen LogP contribution in [0, 0.1) is 6.92 Å². The molecule has 0 spiro atoms. The zero-order chi connectivity index (χ0) is 28.3. The van der Waals surface area contributed by atoms with Gasteiger partial charge in [0.25, 0.3) is 0 Å². The molecule has 3 aromatic heterocycles. The lowest BCUT2D eigenvalue weighted by Gasteiger charge is -2.10. The maximum atomic E-state index is 5.03. The van der Waals surface area contributed by atoms with Crippen LogP contribution >= 0.6 is 0 Å². The van der Waals surface area contributed by atoms with E-state index in [1.165, 1.54) is 16.8 Å². The Hall–Kier alpha value is -5.42. The Morgan fingerprint density at radius 2 is 1.07 bits per heavy atom. The minimum atomic E-state index is 0.569. The molecule has 0 saturated carbocycles. The van der Waals surface area contributed by atoms with E-state index in [9.17, 15) is 0 Å². The molecule has 7 aromatic rings. The lowest BCUT2D eigenvalue weighted by Crippen LogP contribution is -2.02. The van der Waals surface area contributed by atoms with Crippen molar-refractivity contribution >= 4 is 10.9 Å². The van der Waals surface area contributed by atoms with Gasteiger partial charge >= 0.3 is 0 Å². The third kappa shape index (κ3) is 4.86. The summed E-state index contributed by atoms with van der Waals surface area (Å²) < 4.78 is 2.33. The summed E-state index contributed by atoms with van der Waals surface area (Å²) in [6.07, 6.45) is 3.66. The predicted octanol–water partition coefficient (Wildman–Crippen LogP) is 8.31. The second kappa shape index (κ2) is 11.2. The molecule has 42 heavy (non-hydrogen) atoms. The zero-order valence-corrected chi connectivity index (χ0v) is 23.4. The van der Waals surface area contributed by atoms with Crippen molar-refractivity contribution < 1.29 is 0 Å². The first-order valence-corrected chi connectivity index (χ1v) is 14.2. The Balaban J connectivity index is 1.47. The van der Waals surface area contributed by atoms with E-state index in [0.29, 0.717) is 17.5 Å². The van der Waals surface area contributed by atoms with Gasteiger partial charge in [0.15, 0.2) is 17.5 Å². The van der Waals surface area contributed by atoms with E-state index >= 15 is 0 Å². The predicted molar refractivity (Wildman–Crippen MR) is 169 cm³/mol. The van der Waals surface area contributed by atoms with E-state index in [-0.39, 0.29) is 0 Å². The molecule has 0 aliphatic rings. The summed E-state index contributed by atoms with van der Waals surface area (Å²) in [7, 11) is 0. The highest BCUT2D eigenvalue weighted by Gasteiger charge is 2.22. The van der Waals surface area contributed by atoms with Crippen molar-refractivity contribution in [2.24, 2.45) is 0 Å². The molecule has 0 fully saturated rings. The quantitative estimate of drug-likeness (QED) is 0.203. The van der Waals surface area contributed by atoms with Gasteiger partial charge in [-0.05, 0) is 49.1 Å². The molecule has 0 saturated heterocycles. The monoisotopic (exact) mass is 543 g/mol. The minimum Gasteiger partial charge on any atom is -0.313 e. The highest BCUT2D eigenvalue weighted by molar-refractivity contribution is 5.97. The van der Waals surface area contributed by atoms with E-state index in [2.05, 4.69) is 78.2 Å². The molecule has 7 rings (SSSR count). The lowest BCUT2D eigenvalue weighted by molar-refractivity contribution is 0.933. The van der Waals surface area contributed by atoms with Crippen LogP contribution in [0.15, 0.2) is 134 Å². The highest BCUT2D eigenvalue weighted by atomic mass is 15.1. The average Bonchev–Trinajstić information content (AvgIpc) is 3.36. The first-order chi connectivity index (χ1) is 20.8. The molecular weight excluding hydrogens is 514 g/mol. The van der Waals surface area contributed by atoms with Crippen molar-refractivity contribution in [3.05, 3.63) is 150 Å². The molecule has 0 aliphatic carbocycles. The van der Waals surface area contributed by atoms with Crippen LogP contribution in [0.2, 0.25) is 0 Å². The standard InChI is InChI=1S/C37H29N5/c1-26-31(23-22-27-14-6-2-7-15-27)33-32(42(26)30-20-12-5-13-21-30)24-25-38-34(33)37-40-35(28-16-8-3-9-17-28)39-36(41-37)29-18-10-4-11-19-29/h2-21,24-25H,22-23H2,1H3. The molecule has 0 radical (unpaired) electrons. The van der Waals surface area contributed by atoms with Crippen LogP contribution in [-0.2, 0) is 12.8 Å². The Kier molecular flexibility index (Phi) is 6.82. The van der Waals surface area contributed by atoms with E-state index in [0.717, 1.165) is 46.3 Å². The zero-order valence-electron chi connectivity index (χ0n) is 23.4. The Morgan fingerprint density at radius 1 is 0.548 bits per heavy atom. The second-order valence-corrected chi connectivity index (χ2v) is 10.3. The third-order valence-corrected chi connectivity index (χ3v) is 7.68. The number of hydrogen-bond donors (Lipinski definition) is 0. The number of aryl methyl sites for hydroxylation is 2. The molecule has 0 unspecified atom stereocenters. The van der Waals surface area contributed by atoms with Gasteiger partial charge in [0, 0.05) is 34.1 Å². The molecule has 0 atom stereocenters. The fourth-order valence-corrected chi connectivity index (χ4v) is 5.65. The summed E-state index contributed by atoms with van der Waals surface area (Å²) in [5.41, 5.74) is 8.61. The Labute approximate surface area is 245 Å². The molecule has 4 aromatic carbocycles. The van der Waals surface area contributed by atoms with Gasteiger partial charge in [0.1, 0.15) is 5.69 Å². The molecule has 3 heterocycles. The fourth-order valence-electron chi connectivity index (χ4n) is 5.65. The van der Waals surface area contributed by atoms with Gasteiger partial charge in [0.05, 0.1) is 5.52 Å². The summed E-state index contributed by atoms with van der Waals surface area (Å²) in [6, 6.07) is 43.4. The van der Waals surface area contributed by atoms with E-state index in [1.54, 1.807) is 0 Å². The third-order valence-electron chi connectivity index (χ3n) is 7.68. The van der Waals surface area contributed by atoms with Gasteiger partial charge in [-0.2, -0.15) is 0 Å². The summed E-state index contributed by atoms with van der Waals surface area (Å²) in [5.74, 6) is 1.83. The topological polar surface area (TPSA) is 56.5 Å². The van der Waals surface area contributed by atoms with E-state index in [1.807, 2.05) is 66.9 Å². The maximum Gasteiger partial charge on any atom is 0.183 e. The molecular formula is C37H29N5. The number of pyridine rings is 1. The van der Waals surface area contributed by atoms with E-state index in [4.69, 9.17) is 19.9 Å². The smallest absolute Gasteiger partial charge is 0.183 e. The summed E-state index contributed by atoms with van der Waals surface area (Å²) in [6.45, 7) is 2.20. The molecule has 0 amide bonds. The number of fused-ring (bicyclic) bond motifs is 1. The number of nitrogens with zero attached hydrogens (tertiary/aromatic N) is 5. The maximum absolute atomic E-state index is 5.03. The van der Waals surface area contributed by atoms with Crippen molar-refractivity contribution in [3.8, 4) is 40.0 Å². The molecule has 5 nitrogen and oxygen atoms in total. The van der Waals surface area contributed by atoms with Crippen molar-refractivity contribution in [1.29, 1.82) is 0 Å².